The van der Waals surface area contributed by atoms with Crippen molar-refractivity contribution in [2.75, 3.05) is 13.1 Å². The Morgan fingerprint density at radius 3 is 2.47 bits per heavy atom. The molecule has 0 saturated heterocycles. The van der Waals surface area contributed by atoms with E-state index >= 15 is 0 Å². The van der Waals surface area contributed by atoms with Gasteiger partial charge in [0.1, 0.15) is 6.61 Å². The third-order valence-corrected chi connectivity index (χ3v) is 2.86. The van der Waals surface area contributed by atoms with Gasteiger partial charge in [0.15, 0.2) is 0 Å². The Balaban J connectivity index is 1.88. The molecule has 0 aromatic heterocycles. The summed E-state index contributed by atoms with van der Waals surface area (Å²) in [5.74, 6) is -0.601. The number of benzene rings is 1. The Hall–Kier alpha value is -2.50. The van der Waals surface area contributed by atoms with Gasteiger partial charge in [-0.1, -0.05) is 30.3 Å². The number of nitrogens with zero attached hydrogens (tertiary/aromatic N) is 1. The number of amides is 2. The number of nitrogens with two attached hydrogens (primary N) is 2. The zero-order chi connectivity index (χ0) is 13.8. The van der Waals surface area contributed by atoms with E-state index in [0.29, 0.717) is 5.70 Å². The van der Waals surface area contributed by atoms with Crippen molar-refractivity contribution in [3.8, 4) is 0 Å². The van der Waals surface area contributed by atoms with E-state index in [-0.39, 0.29) is 25.3 Å². The average molecular weight is 261 g/mol. The van der Waals surface area contributed by atoms with Crippen LogP contribution < -0.4 is 11.5 Å². The summed E-state index contributed by atoms with van der Waals surface area (Å²) in [6.07, 6.45) is -0.511. The molecule has 1 aliphatic heterocycles. The number of carbonyl (C=O) groups is 2. The molecule has 0 saturated carbocycles. The molecule has 0 fully saturated rings. The van der Waals surface area contributed by atoms with Gasteiger partial charge in [0.2, 0.25) is 5.91 Å². The molecule has 1 aromatic carbocycles. The van der Waals surface area contributed by atoms with Gasteiger partial charge in [-0.15, -0.1) is 0 Å². The molecule has 100 valence electrons. The first-order valence-electron chi connectivity index (χ1n) is 5.81. The Kier molecular flexibility index (Phi) is 3.70. The molecule has 1 aliphatic rings. The van der Waals surface area contributed by atoms with Gasteiger partial charge in [0.25, 0.3) is 0 Å². The number of hydrogen-bond acceptors (Lipinski definition) is 4. The van der Waals surface area contributed by atoms with E-state index in [0.717, 1.165) is 5.56 Å². The fourth-order valence-electron chi connectivity index (χ4n) is 1.83. The Labute approximate surface area is 110 Å². The normalized spacial score (nSPS) is 14.6. The zero-order valence-corrected chi connectivity index (χ0v) is 10.3. The predicted octanol–water partition coefficient (Wildman–Crippen LogP) is 0.337. The van der Waals surface area contributed by atoms with Gasteiger partial charge in [-0.3, -0.25) is 9.69 Å². The highest BCUT2D eigenvalue weighted by Crippen LogP contribution is 2.14. The van der Waals surface area contributed by atoms with Gasteiger partial charge >= 0.3 is 6.09 Å². The summed E-state index contributed by atoms with van der Waals surface area (Å²) < 4.78 is 5.14. The summed E-state index contributed by atoms with van der Waals surface area (Å²) in [5.41, 5.74) is 12.3. The summed E-state index contributed by atoms with van der Waals surface area (Å²) >= 11 is 0. The molecule has 6 heteroatoms. The molecular weight excluding hydrogens is 246 g/mol. The second-order valence-electron chi connectivity index (χ2n) is 4.26. The maximum absolute atomic E-state index is 11.8. The smallest absolute Gasteiger partial charge is 0.410 e. The van der Waals surface area contributed by atoms with E-state index in [2.05, 4.69) is 0 Å². The van der Waals surface area contributed by atoms with Gasteiger partial charge in [0, 0.05) is 5.70 Å². The number of primary amides is 1. The van der Waals surface area contributed by atoms with E-state index in [1.807, 2.05) is 30.3 Å². The van der Waals surface area contributed by atoms with Crippen LogP contribution in [0.2, 0.25) is 0 Å². The first-order chi connectivity index (χ1) is 9.08. The van der Waals surface area contributed by atoms with Crippen molar-refractivity contribution >= 4 is 12.0 Å². The van der Waals surface area contributed by atoms with E-state index in [9.17, 15) is 9.59 Å². The van der Waals surface area contributed by atoms with E-state index < -0.39 is 12.0 Å². The largest absolute Gasteiger partial charge is 0.445 e. The van der Waals surface area contributed by atoms with Crippen LogP contribution in [-0.4, -0.2) is 30.0 Å². The Bertz CT molecular complexity index is 525. The molecule has 0 spiro atoms. The SMILES string of the molecule is NC(=O)C1=C(N)CN(C(=O)OCc2ccccc2)C1. The van der Waals surface area contributed by atoms with Crippen LogP contribution in [-0.2, 0) is 16.1 Å². The van der Waals surface area contributed by atoms with Crippen LogP contribution in [0.15, 0.2) is 41.6 Å². The molecule has 0 radical (unpaired) electrons. The molecule has 0 unspecified atom stereocenters. The van der Waals surface area contributed by atoms with Gasteiger partial charge in [-0.25, -0.2) is 4.79 Å². The number of rotatable bonds is 3. The molecule has 2 rings (SSSR count). The summed E-state index contributed by atoms with van der Waals surface area (Å²) in [5, 5.41) is 0. The van der Waals surface area contributed by atoms with E-state index in [1.54, 1.807) is 0 Å². The van der Waals surface area contributed by atoms with Gasteiger partial charge in [0.05, 0.1) is 18.7 Å². The highest BCUT2D eigenvalue weighted by molar-refractivity contribution is 5.94. The number of hydrogen-bond donors (Lipinski definition) is 2. The minimum Gasteiger partial charge on any atom is -0.445 e. The monoisotopic (exact) mass is 261 g/mol. The van der Waals surface area contributed by atoms with Crippen LogP contribution in [0.4, 0.5) is 4.79 Å². The van der Waals surface area contributed by atoms with Crippen LogP contribution >= 0.6 is 0 Å². The third kappa shape index (κ3) is 3.04. The topological polar surface area (TPSA) is 98.6 Å². The summed E-state index contributed by atoms with van der Waals surface area (Å²) in [4.78, 5) is 24.2. The molecular formula is C13H15N3O3. The van der Waals surface area contributed by atoms with Crippen LogP contribution in [0.25, 0.3) is 0 Å². The van der Waals surface area contributed by atoms with Gasteiger partial charge in [-0.2, -0.15) is 0 Å². The summed E-state index contributed by atoms with van der Waals surface area (Å²) in [7, 11) is 0. The molecule has 2 amide bonds. The van der Waals surface area contributed by atoms with Crippen LogP contribution in [0.5, 0.6) is 0 Å². The maximum Gasteiger partial charge on any atom is 0.410 e. The standard InChI is InChI=1S/C13H15N3O3/c14-11-7-16(6-10(11)12(15)17)13(18)19-8-9-4-2-1-3-5-9/h1-5H,6-8,14H2,(H2,15,17). The molecule has 19 heavy (non-hydrogen) atoms. The lowest BCUT2D eigenvalue weighted by atomic mass is 10.2. The van der Waals surface area contributed by atoms with Crippen LogP contribution in [0.3, 0.4) is 0 Å². The first-order valence-corrected chi connectivity index (χ1v) is 5.81. The van der Waals surface area contributed by atoms with Crippen molar-refractivity contribution in [2.24, 2.45) is 11.5 Å². The first kappa shape index (κ1) is 12.9. The van der Waals surface area contributed by atoms with Crippen molar-refractivity contribution in [1.82, 2.24) is 4.90 Å². The van der Waals surface area contributed by atoms with Gasteiger partial charge < -0.3 is 16.2 Å². The van der Waals surface area contributed by atoms with Crippen molar-refractivity contribution in [3.05, 3.63) is 47.2 Å². The predicted molar refractivity (Wildman–Crippen MR) is 68.6 cm³/mol. The lowest BCUT2D eigenvalue weighted by Crippen LogP contribution is -2.31. The third-order valence-electron chi connectivity index (χ3n) is 2.86. The second-order valence-corrected chi connectivity index (χ2v) is 4.26. The van der Waals surface area contributed by atoms with E-state index in [4.69, 9.17) is 16.2 Å². The second kappa shape index (κ2) is 5.43. The van der Waals surface area contributed by atoms with Crippen molar-refractivity contribution in [2.45, 2.75) is 6.61 Å². The van der Waals surface area contributed by atoms with Crippen molar-refractivity contribution in [1.29, 1.82) is 0 Å². The molecule has 6 nitrogen and oxygen atoms in total. The minimum atomic E-state index is -0.601. The lowest BCUT2D eigenvalue weighted by molar-refractivity contribution is -0.114. The Morgan fingerprint density at radius 1 is 1.21 bits per heavy atom. The fourth-order valence-corrected chi connectivity index (χ4v) is 1.83. The molecule has 0 atom stereocenters. The zero-order valence-electron chi connectivity index (χ0n) is 10.3. The summed E-state index contributed by atoms with van der Waals surface area (Å²) in [6, 6.07) is 9.33. The Morgan fingerprint density at radius 2 is 1.89 bits per heavy atom. The molecule has 1 heterocycles. The quantitative estimate of drug-likeness (QED) is 0.819. The molecule has 4 N–H and O–H groups in total. The molecule has 0 aliphatic carbocycles. The number of carbonyl (C=O) groups excluding carboxylic acids is 2. The molecule has 1 aromatic rings. The van der Waals surface area contributed by atoms with E-state index in [1.165, 1.54) is 4.90 Å². The van der Waals surface area contributed by atoms with Crippen LogP contribution in [0, 0.1) is 0 Å². The summed E-state index contributed by atoms with van der Waals surface area (Å²) in [6.45, 7) is 0.461. The van der Waals surface area contributed by atoms with Crippen LogP contribution in [0.1, 0.15) is 5.56 Å². The van der Waals surface area contributed by atoms with Crippen molar-refractivity contribution in [3.63, 3.8) is 0 Å². The van der Waals surface area contributed by atoms with Gasteiger partial charge in [-0.05, 0) is 5.56 Å². The lowest BCUT2D eigenvalue weighted by Gasteiger charge is -2.15. The minimum absolute atomic E-state index is 0.106. The average Bonchev–Trinajstić information content (AvgIpc) is 2.79. The number of ether oxygens (including phenoxy) is 1. The fraction of sp³-hybridized carbons (Fsp3) is 0.231. The molecule has 0 bridgehead atoms. The van der Waals surface area contributed by atoms with Crippen molar-refractivity contribution < 1.29 is 14.3 Å². The highest BCUT2D eigenvalue weighted by atomic mass is 16.6. The maximum atomic E-state index is 11.8. The highest BCUT2D eigenvalue weighted by Gasteiger charge is 2.28.